The molecule has 3 heteroatoms. The van der Waals surface area contributed by atoms with Gasteiger partial charge in [0.25, 0.3) is 0 Å². The Morgan fingerprint density at radius 1 is 0.500 bits per heavy atom. The molecule has 0 saturated heterocycles. The van der Waals surface area contributed by atoms with Crippen LogP contribution in [0.15, 0.2) is 107 Å². The van der Waals surface area contributed by atoms with Gasteiger partial charge in [-0.25, -0.2) is 0 Å². The van der Waals surface area contributed by atoms with Crippen LogP contribution in [0, 0.1) is 13.8 Å². The van der Waals surface area contributed by atoms with Crippen LogP contribution in [0.3, 0.4) is 0 Å². The van der Waals surface area contributed by atoms with E-state index in [0.717, 1.165) is 27.5 Å². The van der Waals surface area contributed by atoms with Crippen LogP contribution in [0.1, 0.15) is 27.0 Å². The molecule has 180 valence electrons. The van der Waals surface area contributed by atoms with Gasteiger partial charge in [-0.3, -0.25) is 14.4 Å². The van der Waals surface area contributed by atoms with Crippen LogP contribution in [0.25, 0.3) is 54.2 Å². The van der Waals surface area contributed by atoms with Crippen LogP contribution in [-0.4, -0.2) is 5.78 Å². The number of hydrogen-bond donors (Lipinski definition) is 0. The molecule has 7 rings (SSSR count). The Kier molecular flexibility index (Phi) is 4.73. The third kappa shape index (κ3) is 2.99. The van der Waals surface area contributed by atoms with Crippen molar-refractivity contribution in [2.24, 2.45) is 0 Å². The quantitative estimate of drug-likeness (QED) is 0.242. The fraction of sp³-hybridized carbons (Fsp3) is 0.0571. The van der Waals surface area contributed by atoms with Crippen molar-refractivity contribution in [3.05, 3.63) is 140 Å². The molecule has 0 radical (unpaired) electrons. The first-order valence-electron chi connectivity index (χ1n) is 12.7. The summed E-state index contributed by atoms with van der Waals surface area (Å²) in [7, 11) is 0. The van der Waals surface area contributed by atoms with E-state index in [-0.39, 0.29) is 16.6 Å². The zero-order valence-electron chi connectivity index (χ0n) is 21.0. The van der Waals surface area contributed by atoms with Crippen molar-refractivity contribution in [2.45, 2.75) is 13.8 Å². The fourth-order valence-corrected chi connectivity index (χ4v) is 5.90. The molecule has 0 spiro atoms. The maximum absolute atomic E-state index is 14.5. The van der Waals surface area contributed by atoms with Crippen molar-refractivity contribution in [2.75, 3.05) is 0 Å². The van der Waals surface area contributed by atoms with Crippen molar-refractivity contribution < 1.29 is 4.79 Å². The zero-order valence-corrected chi connectivity index (χ0v) is 21.0. The topological polar surface area (TPSA) is 51.2 Å². The fourth-order valence-electron chi connectivity index (χ4n) is 5.90. The predicted octanol–water partition coefficient (Wildman–Crippen LogP) is 7.41. The van der Waals surface area contributed by atoms with E-state index in [1.54, 1.807) is 12.1 Å². The summed E-state index contributed by atoms with van der Waals surface area (Å²) >= 11 is 0. The van der Waals surface area contributed by atoms with E-state index >= 15 is 0 Å². The molecule has 0 aliphatic rings. The van der Waals surface area contributed by atoms with Gasteiger partial charge < -0.3 is 0 Å². The van der Waals surface area contributed by atoms with E-state index in [1.165, 1.54) is 0 Å². The molecule has 0 heterocycles. The third-order valence-corrected chi connectivity index (χ3v) is 7.72. The molecule has 0 bridgehead atoms. The van der Waals surface area contributed by atoms with Gasteiger partial charge in [-0.05, 0) is 30.2 Å². The summed E-state index contributed by atoms with van der Waals surface area (Å²) in [4.78, 5) is 42.5. The Labute approximate surface area is 218 Å². The Balaban J connectivity index is 1.82. The molecule has 0 atom stereocenters. The summed E-state index contributed by atoms with van der Waals surface area (Å²) in [6.45, 7) is 3.98. The highest BCUT2D eigenvalue weighted by atomic mass is 16.1. The van der Waals surface area contributed by atoms with Crippen molar-refractivity contribution >= 4 is 48.9 Å². The van der Waals surface area contributed by atoms with Gasteiger partial charge in [0.1, 0.15) is 0 Å². The van der Waals surface area contributed by atoms with E-state index in [2.05, 4.69) is 0 Å². The summed E-state index contributed by atoms with van der Waals surface area (Å²) in [6, 6.07) is 30.2. The number of aryl methyl sites for hydroxylation is 2. The summed E-state index contributed by atoms with van der Waals surface area (Å²) in [6.07, 6.45) is 0. The van der Waals surface area contributed by atoms with E-state index in [4.69, 9.17) is 0 Å². The molecule has 38 heavy (non-hydrogen) atoms. The number of ketones is 1. The molecular weight excluding hydrogens is 468 g/mol. The molecule has 0 unspecified atom stereocenters. The number of hydrogen-bond acceptors (Lipinski definition) is 3. The Bertz CT molecular complexity index is 2170. The standard InChI is InChI=1S/C35H22O3/c1-19-11-15-21(16-12-19)27-30(33(36)22-17-13-20(2)14-18-22)28-23-7-3-6-10-26(23)35(38)32(28)29-24-8-4-5-9-25(24)34(37)31(27)29/h3-18H,1-2H3. The lowest BCUT2D eigenvalue weighted by molar-refractivity contribution is 0.104. The lowest BCUT2D eigenvalue weighted by atomic mass is 9.86. The second-order valence-corrected chi connectivity index (χ2v) is 10.1. The van der Waals surface area contributed by atoms with Gasteiger partial charge in [0.2, 0.25) is 0 Å². The van der Waals surface area contributed by atoms with Crippen LogP contribution < -0.4 is 10.9 Å². The second kappa shape index (κ2) is 8.06. The summed E-state index contributed by atoms with van der Waals surface area (Å²) < 4.78 is 0. The van der Waals surface area contributed by atoms with Crippen molar-refractivity contribution in [1.82, 2.24) is 0 Å². The van der Waals surface area contributed by atoms with Gasteiger partial charge in [0, 0.05) is 49.0 Å². The van der Waals surface area contributed by atoms with Crippen LogP contribution in [0.4, 0.5) is 0 Å². The molecule has 0 aliphatic carbocycles. The average molecular weight is 491 g/mol. The molecule has 0 fully saturated rings. The summed E-state index contributed by atoms with van der Waals surface area (Å²) in [5.41, 5.74) is 4.12. The Morgan fingerprint density at radius 3 is 1.55 bits per heavy atom. The van der Waals surface area contributed by atoms with Gasteiger partial charge in [-0.15, -0.1) is 0 Å². The van der Waals surface area contributed by atoms with E-state index in [1.807, 2.05) is 98.8 Å². The smallest absolute Gasteiger partial charge is 0.194 e. The number of carbonyl (C=O) groups excluding carboxylic acids is 1. The van der Waals surface area contributed by atoms with Gasteiger partial charge in [0.15, 0.2) is 16.6 Å². The van der Waals surface area contributed by atoms with Crippen molar-refractivity contribution in [1.29, 1.82) is 0 Å². The van der Waals surface area contributed by atoms with Gasteiger partial charge >= 0.3 is 0 Å². The summed E-state index contributed by atoms with van der Waals surface area (Å²) in [5.74, 6) is -0.201. The first kappa shape index (κ1) is 22.3. The average Bonchev–Trinajstić information content (AvgIpc) is 3.40. The molecule has 0 saturated carbocycles. The maximum Gasteiger partial charge on any atom is 0.194 e. The monoisotopic (exact) mass is 490 g/mol. The lowest BCUT2D eigenvalue weighted by Crippen LogP contribution is -2.08. The van der Waals surface area contributed by atoms with Crippen LogP contribution >= 0.6 is 0 Å². The van der Waals surface area contributed by atoms with Gasteiger partial charge in [-0.2, -0.15) is 0 Å². The van der Waals surface area contributed by atoms with Crippen molar-refractivity contribution in [3.63, 3.8) is 0 Å². The maximum atomic E-state index is 14.5. The molecule has 0 amide bonds. The molecule has 0 aromatic heterocycles. The minimum Gasteiger partial charge on any atom is -0.289 e. The molecular formula is C35H22O3. The highest BCUT2D eigenvalue weighted by Crippen LogP contribution is 2.44. The minimum atomic E-state index is -0.201. The molecule has 7 aromatic rings. The molecule has 7 aromatic carbocycles. The van der Waals surface area contributed by atoms with Gasteiger partial charge in [0.05, 0.1) is 0 Å². The molecule has 0 N–H and O–H groups in total. The first-order valence-corrected chi connectivity index (χ1v) is 12.7. The SMILES string of the molecule is Cc1ccc(C(=O)c2c(-c3ccc(C)cc3)c3c(=O)c4ccccc4c3c3c(=O)c4ccccc4c23)cc1. The third-order valence-electron chi connectivity index (χ3n) is 7.72. The van der Waals surface area contributed by atoms with E-state index < -0.39 is 0 Å². The van der Waals surface area contributed by atoms with Crippen LogP contribution in [-0.2, 0) is 0 Å². The Morgan fingerprint density at radius 2 is 0.974 bits per heavy atom. The number of benzene rings is 5. The largest absolute Gasteiger partial charge is 0.289 e. The Hall–Kier alpha value is -4.89. The van der Waals surface area contributed by atoms with E-state index in [9.17, 15) is 14.4 Å². The highest BCUT2D eigenvalue weighted by molar-refractivity contribution is 6.38. The van der Waals surface area contributed by atoms with Crippen molar-refractivity contribution in [3.8, 4) is 11.1 Å². The van der Waals surface area contributed by atoms with Gasteiger partial charge in [-0.1, -0.05) is 108 Å². The predicted molar refractivity (Wildman–Crippen MR) is 156 cm³/mol. The van der Waals surface area contributed by atoms with Crippen LogP contribution in [0.2, 0.25) is 0 Å². The number of rotatable bonds is 3. The second-order valence-electron chi connectivity index (χ2n) is 10.1. The number of carbonyl (C=O) groups is 1. The minimum absolute atomic E-state index is 0.148. The normalized spacial score (nSPS) is 11.7. The van der Waals surface area contributed by atoms with E-state index in [0.29, 0.717) is 49.0 Å². The zero-order chi connectivity index (χ0) is 26.1. The summed E-state index contributed by atoms with van der Waals surface area (Å²) in [5, 5.41) is 4.73. The highest BCUT2D eigenvalue weighted by Gasteiger charge is 2.29. The lowest BCUT2D eigenvalue weighted by Gasteiger charge is -2.15. The number of fused-ring (bicyclic) bond motifs is 7. The first-order chi connectivity index (χ1) is 18.5. The molecule has 0 aliphatic heterocycles. The van der Waals surface area contributed by atoms with Crippen LogP contribution in [0.5, 0.6) is 0 Å². The molecule has 3 nitrogen and oxygen atoms in total.